The van der Waals surface area contributed by atoms with Crippen LogP contribution in [0.5, 0.6) is 5.75 Å². The zero-order chi connectivity index (χ0) is 16.2. The predicted molar refractivity (Wildman–Crippen MR) is 77.1 cm³/mol. The molecule has 0 saturated heterocycles. The Bertz CT molecular complexity index is 646. The molecule has 22 heavy (non-hydrogen) atoms. The number of rotatable bonds is 5. The zero-order valence-electron chi connectivity index (χ0n) is 12.0. The number of ether oxygens (including phenoxy) is 1. The van der Waals surface area contributed by atoms with Crippen molar-refractivity contribution >= 4 is 5.78 Å². The third-order valence-corrected chi connectivity index (χ3v) is 3.33. The first-order valence-corrected chi connectivity index (χ1v) is 6.74. The van der Waals surface area contributed by atoms with Crippen LogP contribution in [0.3, 0.4) is 0 Å². The Morgan fingerprint density at radius 2 is 1.68 bits per heavy atom. The molecular formula is C17H15F3O2. The van der Waals surface area contributed by atoms with E-state index in [1.54, 1.807) is 24.3 Å². The summed E-state index contributed by atoms with van der Waals surface area (Å²) in [6, 6.07) is 11.8. The number of hydrogen-bond acceptors (Lipinski definition) is 2. The average Bonchev–Trinajstić information content (AvgIpc) is 2.52. The molecule has 0 aliphatic carbocycles. The average molecular weight is 308 g/mol. The zero-order valence-corrected chi connectivity index (χ0v) is 12.0. The van der Waals surface area contributed by atoms with Crippen LogP contribution in [0.15, 0.2) is 48.5 Å². The third-order valence-electron chi connectivity index (χ3n) is 3.33. The summed E-state index contributed by atoms with van der Waals surface area (Å²) in [5.74, 6) is 0.400. The minimum absolute atomic E-state index is 0.0997. The van der Waals surface area contributed by atoms with Gasteiger partial charge in [0.1, 0.15) is 5.75 Å². The molecule has 0 unspecified atom stereocenters. The maximum absolute atomic E-state index is 12.5. The van der Waals surface area contributed by atoms with Gasteiger partial charge < -0.3 is 4.74 Å². The van der Waals surface area contributed by atoms with Crippen LogP contribution >= 0.6 is 0 Å². The van der Waals surface area contributed by atoms with Crippen LogP contribution in [0.1, 0.15) is 27.9 Å². The first kappa shape index (κ1) is 16.1. The van der Waals surface area contributed by atoms with Crippen molar-refractivity contribution in [1.82, 2.24) is 0 Å². The molecule has 0 bridgehead atoms. The first-order valence-electron chi connectivity index (χ1n) is 6.74. The lowest BCUT2D eigenvalue weighted by Crippen LogP contribution is -2.06. The summed E-state index contributed by atoms with van der Waals surface area (Å²) < 4.78 is 42.5. The van der Waals surface area contributed by atoms with Crippen molar-refractivity contribution in [2.24, 2.45) is 0 Å². The molecule has 0 radical (unpaired) electrons. The van der Waals surface area contributed by atoms with Crippen molar-refractivity contribution < 1.29 is 22.7 Å². The number of aryl methyl sites for hydroxylation is 1. The van der Waals surface area contributed by atoms with Gasteiger partial charge in [0.2, 0.25) is 0 Å². The van der Waals surface area contributed by atoms with E-state index in [1.165, 1.54) is 19.2 Å². The quantitative estimate of drug-likeness (QED) is 0.759. The summed E-state index contributed by atoms with van der Waals surface area (Å²) >= 11 is 0. The fraction of sp³-hybridized carbons (Fsp3) is 0.235. The minimum Gasteiger partial charge on any atom is -0.496 e. The van der Waals surface area contributed by atoms with Crippen molar-refractivity contribution in [3.63, 3.8) is 0 Å². The summed E-state index contributed by atoms with van der Waals surface area (Å²) in [7, 11) is 1.49. The van der Waals surface area contributed by atoms with E-state index >= 15 is 0 Å². The third kappa shape index (κ3) is 3.87. The van der Waals surface area contributed by atoms with Gasteiger partial charge in [-0.05, 0) is 36.2 Å². The van der Waals surface area contributed by atoms with Crippen LogP contribution in [-0.2, 0) is 12.6 Å². The van der Waals surface area contributed by atoms with Gasteiger partial charge in [-0.25, -0.2) is 0 Å². The van der Waals surface area contributed by atoms with Crippen molar-refractivity contribution in [1.29, 1.82) is 0 Å². The number of hydrogen-bond donors (Lipinski definition) is 0. The number of carbonyl (C=O) groups excluding carboxylic acids is 1. The lowest BCUT2D eigenvalue weighted by atomic mass is 10.0. The van der Waals surface area contributed by atoms with E-state index in [4.69, 9.17) is 4.74 Å². The molecule has 2 aromatic carbocycles. The molecule has 0 fully saturated rings. The van der Waals surface area contributed by atoms with E-state index in [0.717, 1.165) is 12.1 Å². The SMILES string of the molecule is COc1ccccc1C(=O)CCc1ccc(C(F)(F)F)cc1. The number of Topliss-reactive ketones (excluding diaryl/α,β-unsaturated/α-hetero) is 1. The molecule has 116 valence electrons. The number of alkyl halides is 3. The van der Waals surface area contributed by atoms with Crippen molar-refractivity contribution in [3.8, 4) is 5.75 Å². The van der Waals surface area contributed by atoms with Crippen molar-refractivity contribution in [2.45, 2.75) is 19.0 Å². The molecule has 0 spiro atoms. The molecule has 2 rings (SSSR count). The van der Waals surface area contributed by atoms with Crippen LogP contribution in [0, 0.1) is 0 Å². The molecule has 0 amide bonds. The number of methoxy groups -OCH3 is 1. The number of benzene rings is 2. The van der Waals surface area contributed by atoms with Gasteiger partial charge in [0.05, 0.1) is 18.2 Å². The fourth-order valence-corrected chi connectivity index (χ4v) is 2.13. The van der Waals surface area contributed by atoms with Crippen molar-refractivity contribution in [2.75, 3.05) is 7.11 Å². The maximum Gasteiger partial charge on any atom is 0.416 e. The topological polar surface area (TPSA) is 26.3 Å². The highest BCUT2D eigenvalue weighted by Crippen LogP contribution is 2.29. The number of halogens is 3. The Morgan fingerprint density at radius 3 is 2.27 bits per heavy atom. The molecule has 0 heterocycles. The van der Waals surface area contributed by atoms with Crippen LogP contribution in [0.2, 0.25) is 0 Å². The summed E-state index contributed by atoms with van der Waals surface area (Å²) in [6.45, 7) is 0. The molecule has 0 saturated carbocycles. The molecule has 0 aliphatic heterocycles. The second-order valence-corrected chi connectivity index (χ2v) is 4.82. The van der Waals surface area contributed by atoms with Crippen LogP contribution in [-0.4, -0.2) is 12.9 Å². The lowest BCUT2D eigenvalue weighted by molar-refractivity contribution is -0.137. The smallest absolute Gasteiger partial charge is 0.416 e. The number of para-hydroxylation sites is 1. The highest BCUT2D eigenvalue weighted by molar-refractivity contribution is 5.98. The monoisotopic (exact) mass is 308 g/mol. The predicted octanol–water partition coefficient (Wildman–Crippen LogP) is 4.53. The largest absolute Gasteiger partial charge is 0.496 e. The normalized spacial score (nSPS) is 11.3. The summed E-state index contributed by atoms with van der Waals surface area (Å²) in [4.78, 5) is 12.2. The summed E-state index contributed by atoms with van der Waals surface area (Å²) in [5.41, 5.74) is 0.487. The molecule has 2 nitrogen and oxygen atoms in total. The van der Waals surface area contributed by atoms with E-state index in [9.17, 15) is 18.0 Å². The van der Waals surface area contributed by atoms with E-state index < -0.39 is 11.7 Å². The van der Waals surface area contributed by atoms with Gasteiger partial charge in [-0.1, -0.05) is 24.3 Å². The second kappa shape index (κ2) is 6.64. The fourth-order valence-electron chi connectivity index (χ4n) is 2.13. The van der Waals surface area contributed by atoms with Crippen LogP contribution in [0.25, 0.3) is 0 Å². The second-order valence-electron chi connectivity index (χ2n) is 4.82. The molecule has 0 atom stereocenters. The maximum atomic E-state index is 12.5. The lowest BCUT2D eigenvalue weighted by Gasteiger charge is -2.09. The van der Waals surface area contributed by atoms with Gasteiger partial charge in [-0.3, -0.25) is 4.79 Å². The Kier molecular flexibility index (Phi) is 4.85. The highest BCUT2D eigenvalue weighted by atomic mass is 19.4. The molecule has 0 aliphatic rings. The standard InChI is InChI=1S/C17H15F3O2/c1-22-16-5-3-2-4-14(16)15(21)11-8-12-6-9-13(10-7-12)17(18,19)20/h2-7,9-10H,8,11H2,1H3. The van der Waals surface area contributed by atoms with Gasteiger partial charge >= 0.3 is 6.18 Å². The van der Waals surface area contributed by atoms with Gasteiger partial charge in [0.15, 0.2) is 5.78 Å². The van der Waals surface area contributed by atoms with Crippen LogP contribution < -0.4 is 4.74 Å². The highest BCUT2D eigenvalue weighted by Gasteiger charge is 2.29. The van der Waals surface area contributed by atoms with E-state index in [1.807, 2.05) is 0 Å². The van der Waals surface area contributed by atoms with Gasteiger partial charge in [0, 0.05) is 6.42 Å². The van der Waals surface area contributed by atoms with E-state index in [2.05, 4.69) is 0 Å². The van der Waals surface area contributed by atoms with Crippen LogP contribution in [0.4, 0.5) is 13.2 Å². The first-order chi connectivity index (χ1) is 10.4. The Labute approximate surface area is 126 Å². The molecular weight excluding hydrogens is 293 g/mol. The summed E-state index contributed by atoms with van der Waals surface area (Å²) in [6.07, 6.45) is -3.74. The Balaban J connectivity index is 2.02. The van der Waals surface area contributed by atoms with Gasteiger partial charge in [-0.15, -0.1) is 0 Å². The van der Waals surface area contributed by atoms with Crippen molar-refractivity contribution in [3.05, 3.63) is 65.2 Å². The van der Waals surface area contributed by atoms with Gasteiger partial charge in [0.25, 0.3) is 0 Å². The molecule has 5 heteroatoms. The van der Waals surface area contributed by atoms with E-state index in [-0.39, 0.29) is 12.2 Å². The Hall–Kier alpha value is -2.30. The Morgan fingerprint density at radius 1 is 1.05 bits per heavy atom. The molecule has 2 aromatic rings. The molecule has 0 aromatic heterocycles. The number of carbonyl (C=O) groups is 1. The molecule has 0 N–H and O–H groups in total. The minimum atomic E-state index is -4.34. The summed E-state index contributed by atoms with van der Waals surface area (Å²) in [5, 5.41) is 0. The number of ketones is 1. The van der Waals surface area contributed by atoms with Gasteiger partial charge in [-0.2, -0.15) is 13.2 Å². The van der Waals surface area contributed by atoms with E-state index in [0.29, 0.717) is 23.3 Å².